The lowest BCUT2D eigenvalue weighted by atomic mass is 9.59. The maximum atomic E-state index is 5.44. The van der Waals surface area contributed by atoms with Crippen molar-refractivity contribution >= 4 is 0 Å². The lowest BCUT2D eigenvalue weighted by Crippen LogP contribution is -2.53. The number of rotatable bonds is 1. The number of piperidine rings is 1. The van der Waals surface area contributed by atoms with Crippen molar-refractivity contribution in [1.82, 2.24) is 5.32 Å². The molecule has 1 saturated carbocycles. The first kappa shape index (κ1) is 11.8. The van der Waals surface area contributed by atoms with Gasteiger partial charge in [0.25, 0.3) is 0 Å². The molecule has 1 aliphatic heterocycles. The fraction of sp³-hybridized carbons (Fsp3) is 0.647. The van der Waals surface area contributed by atoms with Gasteiger partial charge in [-0.1, -0.05) is 18.9 Å². The van der Waals surface area contributed by atoms with Crippen LogP contribution in [-0.4, -0.2) is 19.7 Å². The molecule has 19 heavy (non-hydrogen) atoms. The van der Waals surface area contributed by atoms with E-state index in [0.717, 1.165) is 29.5 Å². The molecule has 1 N–H and O–H groups in total. The van der Waals surface area contributed by atoms with Gasteiger partial charge in [-0.2, -0.15) is 0 Å². The topological polar surface area (TPSA) is 21.3 Å². The number of benzene rings is 1. The van der Waals surface area contributed by atoms with Crippen molar-refractivity contribution < 1.29 is 4.74 Å². The Bertz CT molecular complexity index is 482. The molecule has 1 saturated heterocycles. The van der Waals surface area contributed by atoms with Crippen LogP contribution in [0.15, 0.2) is 18.2 Å². The predicted octanol–water partition coefficient (Wildman–Crippen LogP) is 3.11. The third kappa shape index (κ3) is 1.80. The van der Waals surface area contributed by atoms with E-state index in [1.54, 1.807) is 18.2 Å². The molecule has 3 aliphatic rings. The van der Waals surface area contributed by atoms with Crippen LogP contribution in [0, 0.1) is 11.8 Å². The second-order valence-electron chi connectivity index (χ2n) is 6.49. The number of nitrogens with one attached hydrogen (secondary N) is 1. The molecule has 4 rings (SSSR count). The van der Waals surface area contributed by atoms with E-state index in [1.165, 1.54) is 38.6 Å². The Hall–Kier alpha value is -1.02. The van der Waals surface area contributed by atoms with Crippen molar-refractivity contribution in [2.45, 2.75) is 44.1 Å². The second-order valence-corrected chi connectivity index (χ2v) is 6.49. The van der Waals surface area contributed by atoms with E-state index < -0.39 is 0 Å². The zero-order chi connectivity index (χ0) is 12.8. The molecule has 1 heterocycles. The molecule has 4 unspecified atom stereocenters. The van der Waals surface area contributed by atoms with Crippen LogP contribution in [0.25, 0.3) is 0 Å². The molecule has 0 amide bonds. The zero-order valence-corrected chi connectivity index (χ0v) is 11.7. The van der Waals surface area contributed by atoms with E-state index >= 15 is 0 Å². The summed E-state index contributed by atoms with van der Waals surface area (Å²) in [5, 5.41) is 3.79. The van der Waals surface area contributed by atoms with Gasteiger partial charge < -0.3 is 10.1 Å². The third-order valence-corrected chi connectivity index (χ3v) is 5.68. The summed E-state index contributed by atoms with van der Waals surface area (Å²) in [5.74, 6) is 3.64. The molecule has 0 aromatic heterocycles. The van der Waals surface area contributed by atoms with Gasteiger partial charge in [-0.15, -0.1) is 0 Å². The van der Waals surface area contributed by atoms with Gasteiger partial charge in [0.15, 0.2) is 0 Å². The van der Waals surface area contributed by atoms with Crippen LogP contribution in [0.1, 0.15) is 42.7 Å². The van der Waals surface area contributed by atoms with Gasteiger partial charge in [0, 0.05) is 6.04 Å². The van der Waals surface area contributed by atoms with Gasteiger partial charge >= 0.3 is 0 Å². The Balaban J connectivity index is 1.77. The van der Waals surface area contributed by atoms with E-state index in [2.05, 4.69) is 23.5 Å². The van der Waals surface area contributed by atoms with Gasteiger partial charge in [0.2, 0.25) is 0 Å². The van der Waals surface area contributed by atoms with Gasteiger partial charge in [-0.3, -0.25) is 0 Å². The summed E-state index contributed by atoms with van der Waals surface area (Å²) in [6, 6.07) is 7.46. The highest BCUT2D eigenvalue weighted by Gasteiger charge is 2.44. The molecule has 0 bridgehead atoms. The summed E-state index contributed by atoms with van der Waals surface area (Å²) >= 11 is 0. The molecule has 2 fully saturated rings. The highest BCUT2D eigenvalue weighted by atomic mass is 16.5. The number of fused-ring (bicyclic) bond motifs is 2. The zero-order valence-electron chi connectivity index (χ0n) is 11.7. The van der Waals surface area contributed by atoms with Crippen molar-refractivity contribution in [3.8, 4) is 5.75 Å². The van der Waals surface area contributed by atoms with Crippen molar-refractivity contribution in [3.63, 3.8) is 0 Å². The van der Waals surface area contributed by atoms with Crippen LogP contribution in [0.3, 0.4) is 0 Å². The number of hydrogen-bond acceptors (Lipinski definition) is 2. The number of hydrogen-bond donors (Lipinski definition) is 1. The molecule has 4 atom stereocenters. The van der Waals surface area contributed by atoms with E-state index in [9.17, 15) is 0 Å². The van der Waals surface area contributed by atoms with Crippen LogP contribution in [0.2, 0.25) is 0 Å². The summed E-state index contributed by atoms with van der Waals surface area (Å²) in [5.41, 5.74) is 3.15. The SMILES string of the molecule is COc1ccc2c(c1)C1CCCC3CCNC(C2)C31. The van der Waals surface area contributed by atoms with Crippen LogP contribution in [-0.2, 0) is 6.42 Å². The summed E-state index contributed by atoms with van der Waals surface area (Å²) in [6.45, 7) is 1.23. The maximum Gasteiger partial charge on any atom is 0.119 e. The summed E-state index contributed by atoms with van der Waals surface area (Å²) < 4.78 is 5.44. The third-order valence-electron chi connectivity index (χ3n) is 5.68. The summed E-state index contributed by atoms with van der Waals surface area (Å²) in [6.07, 6.45) is 6.85. The Labute approximate surface area is 115 Å². The Morgan fingerprint density at radius 1 is 1.21 bits per heavy atom. The smallest absolute Gasteiger partial charge is 0.119 e. The molecule has 2 heteroatoms. The van der Waals surface area contributed by atoms with Crippen LogP contribution < -0.4 is 10.1 Å². The minimum Gasteiger partial charge on any atom is -0.497 e. The first-order valence-electron chi connectivity index (χ1n) is 7.77. The van der Waals surface area contributed by atoms with Gasteiger partial charge in [0.1, 0.15) is 5.75 Å². The molecule has 0 spiro atoms. The highest BCUT2D eigenvalue weighted by Crippen LogP contribution is 2.50. The van der Waals surface area contributed by atoms with Crippen molar-refractivity contribution in [2.75, 3.05) is 13.7 Å². The van der Waals surface area contributed by atoms with Crippen LogP contribution >= 0.6 is 0 Å². The average molecular weight is 257 g/mol. The van der Waals surface area contributed by atoms with E-state index in [4.69, 9.17) is 4.74 Å². The summed E-state index contributed by atoms with van der Waals surface area (Å²) in [4.78, 5) is 0. The molecule has 1 aromatic rings. The van der Waals surface area contributed by atoms with Gasteiger partial charge in [-0.25, -0.2) is 0 Å². The number of methoxy groups -OCH3 is 1. The quantitative estimate of drug-likeness (QED) is 0.834. The molecular formula is C17H23NO. The Morgan fingerprint density at radius 3 is 3.05 bits per heavy atom. The van der Waals surface area contributed by atoms with Crippen molar-refractivity contribution in [3.05, 3.63) is 29.3 Å². The number of ether oxygens (including phenoxy) is 1. The predicted molar refractivity (Wildman–Crippen MR) is 76.7 cm³/mol. The minimum atomic E-state index is 0.727. The fourth-order valence-corrected chi connectivity index (χ4v) is 4.89. The average Bonchev–Trinajstić information content (AvgIpc) is 2.47. The lowest BCUT2D eigenvalue weighted by molar-refractivity contribution is 0.0999. The fourth-order valence-electron chi connectivity index (χ4n) is 4.89. The standard InChI is InChI=1S/C17H23NO/c1-19-13-6-5-12-9-16-17-11(7-8-18-16)3-2-4-14(17)15(12)10-13/h5-6,10-11,14,16-18H,2-4,7-9H2,1H3. The van der Waals surface area contributed by atoms with Gasteiger partial charge in [-0.05, 0) is 66.8 Å². The minimum absolute atomic E-state index is 0.727. The molecular weight excluding hydrogens is 234 g/mol. The van der Waals surface area contributed by atoms with E-state index in [0.29, 0.717) is 0 Å². The Morgan fingerprint density at radius 2 is 2.16 bits per heavy atom. The normalized spacial score (nSPS) is 36.3. The molecule has 1 aromatic carbocycles. The van der Waals surface area contributed by atoms with E-state index in [-0.39, 0.29) is 0 Å². The Kier molecular flexibility index (Phi) is 2.80. The van der Waals surface area contributed by atoms with Gasteiger partial charge in [0.05, 0.1) is 7.11 Å². The maximum absolute atomic E-state index is 5.44. The first-order chi connectivity index (χ1) is 9.36. The molecule has 2 nitrogen and oxygen atoms in total. The van der Waals surface area contributed by atoms with Crippen molar-refractivity contribution in [2.24, 2.45) is 11.8 Å². The van der Waals surface area contributed by atoms with Crippen LogP contribution in [0.4, 0.5) is 0 Å². The molecule has 102 valence electrons. The largest absolute Gasteiger partial charge is 0.497 e. The summed E-state index contributed by atoms with van der Waals surface area (Å²) in [7, 11) is 1.78. The monoisotopic (exact) mass is 257 g/mol. The second kappa shape index (κ2) is 4.52. The van der Waals surface area contributed by atoms with Crippen LogP contribution in [0.5, 0.6) is 5.75 Å². The molecule has 0 radical (unpaired) electrons. The molecule has 2 aliphatic carbocycles. The first-order valence-corrected chi connectivity index (χ1v) is 7.77. The van der Waals surface area contributed by atoms with E-state index in [1.807, 2.05) is 0 Å². The lowest BCUT2D eigenvalue weighted by Gasteiger charge is -2.50. The van der Waals surface area contributed by atoms with Crippen molar-refractivity contribution in [1.29, 1.82) is 0 Å². The highest BCUT2D eigenvalue weighted by molar-refractivity contribution is 5.41.